The number of anilines is 1. The molecule has 2 heterocycles. The van der Waals surface area contributed by atoms with Crippen molar-refractivity contribution in [3.05, 3.63) is 29.3 Å². The van der Waals surface area contributed by atoms with Gasteiger partial charge < -0.3 is 14.5 Å². The van der Waals surface area contributed by atoms with Crippen LogP contribution >= 0.6 is 0 Å². The van der Waals surface area contributed by atoms with Crippen molar-refractivity contribution in [3.8, 4) is 0 Å². The lowest BCUT2D eigenvalue weighted by Gasteiger charge is -2.35. The molecule has 6 nitrogen and oxygen atoms in total. The summed E-state index contributed by atoms with van der Waals surface area (Å²) in [6, 6.07) is 6.60. The van der Waals surface area contributed by atoms with E-state index < -0.39 is 5.41 Å². The topological polar surface area (TPSA) is 45.2 Å². The zero-order chi connectivity index (χ0) is 19.4. The molecule has 0 amide bonds. The summed E-state index contributed by atoms with van der Waals surface area (Å²) in [6.45, 7) is 15.7. The number of rotatable bonds is 4. The van der Waals surface area contributed by atoms with Gasteiger partial charge in [-0.2, -0.15) is 0 Å². The summed E-state index contributed by atoms with van der Waals surface area (Å²) in [7, 11) is 0. The molecule has 1 aromatic carbocycles. The zero-order valence-electron chi connectivity index (χ0n) is 17.2. The lowest BCUT2D eigenvalue weighted by atomic mass is 9.98. The molecule has 0 N–H and O–H groups in total. The second kappa shape index (κ2) is 8.59. The highest BCUT2D eigenvalue weighted by Gasteiger charge is 2.28. The van der Waals surface area contributed by atoms with Gasteiger partial charge in [0.1, 0.15) is 0 Å². The third kappa shape index (κ3) is 5.21. The number of nitrogens with zero attached hydrogens (tertiary/aromatic N) is 3. The highest BCUT2D eigenvalue weighted by molar-refractivity contribution is 5.75. The van der Waals surface area contributed by atoms with Crippen LogP contribution in [0.2, 0.25) is 0 Å². The van der Waals surface area contributed by atoms with Crippen LogP contribution in [-0.4, -0.2) is 68.4 Å². The van der Waals surface area contributed by atoms with Crippen molar-refractivity contribution in [3.63, 3.8) is 0 Å². The van der Waals surface area contributed by atoms with Gasteiger partial charge in [0.25, 0.3) is 0 Å². The van der Waals surface area contributed by atoms with Gasteiger partial charge in [-0.05, 0) is 44.9 Å². The van der Waals surface area contributed by atoms with E-state index in [2.05, 4.69) is 34.9 Å². The molecule has 0 aromatic heterocycles. The van der Waals surface area contributed by atoms with Crippen molar-refractivity contribution in [2.45, 2.75) is 34.2 Å². The number of carbonyl (C=O) groups is 1. The van der Waals surface area contributed by atoms with E-state index in [1.54, 1.807) is 5.06 Å². The Bertz CT molecular complexity index is 643. The van der Waals surface area contributed by atoms with E-state index >= 15 is 0 Å². The molecule has 0 unspecified atom stereocenters. The quantitative estimate of drug-likeness (QED) is 0.806. The van der Waals surface area contributed by atoms with Gasteiger partial charge in [0, 0.05) is 51.5 Å². The molecule has 2 fully saturated rings. The molecule has 1 aromatic rings. The molecule has 3 rings (SSSR count). The number of morpholine rings is 1. The standard InChI is InChI=1S/C21H33N3O3/c1-17-18(6-5-7-19(17)23-12-14-26-15-13-23)16-22-8-10-24(11-9-22)27-20(25)21(2,3)4/h5-7H,8-16H2,1-4H3. The molecule has 6 heteroatoms. The van der Waals surface area contributed by atoms with Gasteiger partial charge in [-0.1, -0.05) is 12.1 Å². The van der Waals surface area contributed by atoms with Gasteiger partial charge in [0.15, 0.2) is 0 Å². The van der Waals surface area contributed by atoms with E-state index in [0.29, 0.717) is 0 Å². The van der Waals surface area contributed by atoms with Gasteiger partial charge in [0.05, 0.1) is 18.6 Å². The third-order valence-electron chi connectivity index (χ3n) is 5.32. The van der Waals surface area contributed by atoms with Crippen molar-refractivity contribution in [1.82, 2.24) is 9.96 Å². The molecule has 0 radical (unpaired) electrons. The van der Waals surface area contributed by atoms with Gasteiger partial charge in [-0.15, -0.1) is 5.06 Å². The number of carbonyl (C=O) groups excluding carboxylic acids is 1. The molecule has 0 saturated carbocycles. The first-order valence-electron chi connectivity index (χ1n) is 9.95. The minimum absolute atomic E-state index is 0.162. The van der Waals surface area contributed by atoms with E-state index in [4.69, 9.17) is 9.57 Å². The first-order chi connectivity index (χ1) is 12.8. The van der Waals surface area contributed by atoms with Crippen LogP contribution in [0, 0.1) is 12.3 Å². The van der Waals surface area contributed by atoms with Gasteiger partial charge in [-0.3, -0.25) is 4.90 Å². The monoisotopic (exact) mass is 375 g/mol. The summed E-state index contributed by atoms with van der Waals surface area (Å²) in [6.07, 6.45) is 0. The Hall–Kier alpha value is -1.63. The van der Waals surface area contributed by atoms with E-state index in [1.807, 2.05) is 20.8 Å². The Labute approximate surface area is 163 Å². The highest BCUT2D eigenvalue weighted by Crippen LogP contribution is 2.25. The summed E-state index contributed by atoms with van der Waals surface area (Å²) in [5.41, 5.74) is 3.60. The SMILES string of the molecule is Cc1c(CN2CCN(OC(=O)C(C)(C)C)CC2)cccc1N1CCOCC1. The maximum Gasteiger partial charge on any atom is 0.330 e. The van der Waals surface area contributed by atoms with E-state index in [9.17, 15) is 4.79 Å². The normalized spacial score (nSPS) is 19.9. The van der Waals surface area contributed by atoms with Crippen LogP contribution in [0.1, 0.15) is 31.9 Å². The summed E-state index contributed by atoms with van der Waals surface area (Å²) in [5.74, 6) is -0.162. The fourth-order valence-electron chi connectivity index (χ4n) is 3.46. The summed E-state index contributed by atoms with van der Waals surface area (Å²) >= 11 is 0. The largest absolute Gasteiger partial charge is 0.378 e. The van der Waals surface area contributed by atoms with E-state index in [-0.39, 0.29) is 5.97 Å². The zero-order valence-corrected chi connectivity index (χ0v) is 17.2. The first-order valence-corrected chi connectivity index (χ1v) is 9.95. The maximum atomic E-state index is 12.0. The Morgan fingerprint density at radius 1 is 1.07 bits per heavy atom. The number of hydroxylamine groups is 2. The predicted octanol–water partition coefficient (Wildman–Crippen LogP) is 2.45. The van der Waals surface area contributed by atoms with Crippen molar-refractivity contribution >= 4 is 11.7 Å². The van der Waals surface area contributed by atoms with Crippen molar-refractivity contribution in [2.24, 2.45) is 5.41 Å². The van der Waals surface area contributed by atoms with E-state index in [1.165, 1.54) is 16.8 Å². The van der Waals surface area contributed by atoms with Gasteiger partial charge in [-0.25, -0.2) is 4.79 Å². The summed E-state index contributed by atoms with van der Waals surface area (Å²) < 4.78 is 5.48. The third-order valence-corrected chi connectivity index (χ3v) is 5.32. The number of hydrogen-bond acceptors (Lipinski definition) is 6. The molecular weight excluding hydrogens is 342 g/mol. The number of piperazine rings is 1. The minimum Gasteiger partial charge on any atom is -0.378 e. The lowest BCUT2D eigenvalue weighted by molar-refractivity contribution is -0.207. The Balaban J connectivity index is 1.55. The fourth-order valence-corrected chi connectivity index (χ4v) is 3.46. The highest BCUT2D eigenvalue weighted by atomic mass is 16.7. The molecular formula is C21H33N3O3. The van der Waals surface area contributed by atoms with Crippen LogP contribution < -0.4 is 4.90 Å². The predicted molar refractivity (Wildman–Crippen MR) is 107 cm³/mol. The Kier molecular flexibility index (Phi) is 6.40. The Morgan fingerprint density at radius 2 is 1.74 bits per heavy atom. The van der Waals surface area contributed by atoms with Crippen molar-refractivity contribution < 1.29 is 14.4 Å². The molecule has 0 bridgehead atoms. The maximum absolute atomic E-state index is 12.0. The molecule has 0 atom stereocenters. The van der Waals surface area contributed by atoms with Crippen LogP contribution in [0.3, 0.4) is 0 Å². The summed E-state index contributed by atoms with van der Waals surface area (Å²) in [5, 5.41) is 1.81. The number of ether oxygens (including phenoxy) is 1. The average molecular weight is 376 g/mol. The Morgan fingerprint density at radius 3 is 2.37 bits per heavy atom. The van der Waals surface area contributed by atoms with Crippen LogP contribution in [0.25, 0.3) is 0 Å². The number of hydrogen-bond donors (Lipinski definition) is 0. The van der Waals surface area contributed by atoms with Gasteiger partial charge in [0.2, 0.25) is 0 Å². The van der Waals surface area contributed by atoms with Crippen LogP contribution in [0.4, 0.5) is 5.69 Å². The molecule has 0 aliphatic carbocycles. The van der Waals surface area contributed by atoms with Crippen LogP contribution in [0.5, 0.6) is 0 Å². The molecule has 0 spiro atoms. The molecule has 2 aliphatic heterocycles. The minimum atomic E-state index is -0.464. The summed E-state index contributed by atoms with van der Waals surface area (Å²) in [4.78, 5) is 22.4. The molecule has 2 saturated heterocycles. The molecule has 150 valence electrons. The number of benzene rings is 1. The molecule has 2 aliphatic rings. The second-order valence-electron chi connectivity index (χ2n) is 8.49. The molecule has 27 heavy (non-hydrogen) atoms. The van der Waals surface area contributed by atoms with Crippen molar-refractivity contribution in [1.29, 1.82) is 0 Å². The van der Waals surface area contributed by atoms with Crippen LogP contribution in [-0.2, 0) is 20.9 Å². The van der Waals surface area contributed by atoms with Crippen molar-refractivity contribution in [2.75, 3.05) is 57.4 Å². The first kappa shape index (κ1) is 20.1. The van der Waals surface area contributed by atoms with Gasteiger partial charge >= 0.3 is 5.97 Å². The second-order valence-corrected chi connectivity index (χ2v) is 8.49. The average Bonchev–Trinajstić information content (AvgIpc) is 2.65. The lowest BCUT2D eigenvalue weighted by Crippen LogP contribution is -2.47. The smallest absolute Gasteiger partial charge is 0.330 e. The van der Waals surface area contributed by atoms with E-state index in [0.717, 1.165) is 59.0 Å². The van der Waals surface area contributed by atoms with Crippen LogP contribution in [0.15, 0.2) is 18.2 Å². The fraction of sp³-hybridized carbons (Fsp3) is 0.667.